The molecule has 1 saturated carbocycles. The molecular weight excluding hydrogens is 338 g/mol. The molecule has 4 nitrogen and oxygen atoms in total. The van der Waals surface area contributed by atoms with Crippen LogP contribution in [0.2, 0.25) is 0 Å². The van der Waals surface area contributed by atoms with Gasteiger partial charge in [0.15, 0.2) is 11.6 Å². The highest BCUT2D eigenvalue weighted by Gasteiger charge is 2.32. The molecule has 1 saturated heterocycles. The SMILES string of the molecule is O=C(CCc1cccc(F)c1F)NC1CCN(C(=O)C2CCCCC2)C1. The molecule has 1 unspecified atom stereocenters. The van der Waals surface area contributed by atoms with Crippen LogP contribution in [0.1, 0.15) is 50.5 Å². The summed E-state index contributed by atoms with van der Waals surface area (Å²) in [5.74, 6) is -1.59. The third-order valence-electron chi connectivity index (χ3n) is 5.47. The first kappa shape index (κ1) is 18.8. The molecule has 1 heterocycles. The van der Waals surface area contributed by atoms with E-state index >= 15 is 0 Å². The lowest BCUT2D eigenvalue weighted by Crippen LogP contribution is -2.40. The van der Waals surface area contributed by atoms with Crippen LogP contribution in [0, 0.1) is 17.6 Å². The second kappa shape index (κ2) is 8.60. The van der Waals surface area contributed by atoms with Crippen molar-refractivity contribution in [2.45, 2.75) is 57.4 Å². The molecule has 0 aromatic heterocycles. The van der Waals surface area contributed by atoms with Gasteiger partial charge in [-0.3, -0.25) is 9.59 Å². The Morgan fingerprint density at radius 2 is 1.88 bits per heavy atom. The third-order valence-corrected chi connectivity index (χ3v) is 5.47. The molecule has 1 aliphatic heterocycles. The van der Waals surface area contributed by atoms with Gasteiger partial charge in [-0.15, -0.1) is 0 Å². The van der Waals surface area contributed by atoms with Crippen LogP contribution in [-0.4, -0.2) is 35.8 Å². The summed E-state index contributed by atoms with van der Waals surface area (Å²) in [6.45, 7) is 1.23. The minimum absolute atomic E-state index is 0.0487. The predicted octanol–water partition coefficient (Wildman–Crippen LogP) is 3.19. The Balaban J connectivity index is 1.44. The summed E-state index contributed by atoms with van der Waals surface area (Å²) >= 11 is 0. The van der Waals surface area contributed by atoms with Gasteiger partial charge < -0.3 is 10.2 Å². The largest absolute Gasteiger partial charge is 0.352 e. The van der Waals surface area contributed by atoms with E-state index in [9.17, 15) is 18.4 Å². The van der Waals surface area contributed by atoms with E-state index in [1.807, 2.05) is 4.90 Å². The molecule has 2 fully saturated rings. The van der Waals surface area contributed by atoms with Crippen molar-refractivity contribution in [3.63, 3.8) is 0 Å². The average Bonchev–Trinajstić information content (AvgIpc) is 3.11. The topological polar surface area (TPSA) is 49.4 Å². The number of nitrogens with one attached hydrogen (secondary N) is 1. The number of hydrogen-bond donors (Lipinski definition) is 1. The van der Waals surface area contributed by atoms with Crippen molar-refractivity contribution in [1.29, 1.82) is 0 Å². The third kappa shape index (κ3) is 4.59. The number of rotatable bonds is 5. The second-order valence-electron chi connectivity index (χ2n) is 7.39. The number of halogens is 2. The van der Waals surface area contributed by atoms with Crippen LogP contribution >= 0.6 is 0 Å². The zero-order chi connectivity index (χ0) is 18.5. The molecule has 3 rings (SSSR count). The molecule has 1 aliphatic carbocycles. The maximum Gasteiger partial charge on any atom is 0.225 e. The van der Waals surface area contributed by atoms with Crippen LogP contribution in [0.15, 0.2) is 18.2 Å². The summed E-state index contributed by atoms with van der Waals surface area (Å²) in [5, 5.41) is 2.92. The number of benzene rings is 1. The maximum atomic E-state index is 13.6. The highest BCUT2D eigenvalue weighted by molar-refractivity contribution is 5.80. The van der Waals surface area contributed by atoms with Crippen molar-refractivity contribution < 1.29 is 18.4 Å². The zero-order valence-electron chi connectivity index (χ0n) is 15.0. The second-order valence-corrected chi connectivity index (χ2v) is 7.39. The van der Waals surface area contributed by atoms with Crippen LogP contribution in [0.4, 0.5) is 8.78 Å². The van der Waals surface area contributed by atoms with Gasteiger partial charge in [0.1, 0.15) is 0 Å². The standard InChI is InChI=1S/C20H26F2N2O2/c21-17-8-4-7-14(19(17)22)9-10-18(25)23-16-11-12-24(13-16)20(26)15-5-2-1-3-6-15/h4,7-8,15-16H,1-3,5-6,9-13H2,(H,23,25). The van der Waals surface area contributed by atoms with Crippen LogP contribution in [-0.2, 0) is 16.0 Å². The van der Waals surface area contributed by atoms with Gasteiger partial charge in [0.05, 0.1) is 0 Å². The van der Waals surface area contributed by atoms with Crippen LogP contribution in [0.5, 0.6) is 0 Å². The molecule has 1 N–H and O–H groups in total. The molecule has 1 aromatic carbocycles. The molecule has 0 radical (unpaired) electrons. The van der Waals surface area contributed by atoms with E-state index < -0.39 is 11.6 Å². The Labute approximate surface area is 152 Å². The molecule has 0 spiro atoms. The Hall–Kier alpha value is -1.98. The van der Waals surface area contributed by atoms with Gasteiger partial charge in [0.2, 0.25) is 11.8 Å². The molecule has 1 aromatic rings. The van der Waals surface area contributed by atoms with Gasteiger partial charge >= 0.3 is 0 Å². The fraction of sp³-hybridized carbons (Fsp3) is 0.600. The van der Waals surface area contributed by atoms with E-state index in [4.69, 9.17) is 0 Å². The van der Waals surface area contributed by atoms with Gasteiger partial charge in [-0.1, -0.05) is 31.4 Å². The van der Waals surface area contributed by atoms with Crippen molar-refractivity contribution in [2.24, 2.45) is 5.92 Å². The van der Waals surface area contributed by atoms with Gasteiger partial charge in [-0.05, 0) is 37.3 Å². The lowest BCUT2D eigenvalue weighted by Gasteiger charge is -2.26. The van der Waals surface area contributed by atoms with Crippen molar-refractivity contribution in [2.75, 3.05) is 13.1 Å². The summed E-state index contributed by atoms with van der Waals surface area (Å²) in [5.41, 5.74) is 0.209. The van der Waals surface area contributed by atoms with Crippen molar-refractivity contribution in [3.8, 4) is 0 Å². The summed E-state index contributed by atoms with van der Waals surface area (Å²) in [6.07, 6.45) is 6.44. The molecule has 0 bridgehead atoms. The first-order chi connectivity index (χ1) is 12.5. The van der Waals surface area contributed by atoms with Crippen molar-refractivity contribution in [1.82, 2.24) is 10.2 Å². The lowest BCUT2D eigenvalue weighted by molar-refractivity contribution is -0.135. The molecule has 142 valence electrons. The molecule has 1 atom stereocenters. The van der Waals surface area contributed by atoms with E-state index in [1.165, 1.54) is 18.6 Å². The fourth-order valence-corrected chi connectivity index (χ4v) is 3.98. The number of amides is 2. The monoisotopic (exact) mass is 364 g/mol. The molecular formula is C20H26F2N2O2. The minimum atomic E-state index is -0.893. The van der Waals surface area contributed by atoms with E-state index in [0.29, 0.717) is 13.1 Å². The van der Waals surface area contributed by atoms with Gasteiger partial charge in [0, 0.05) is 31.5 Å². The minimum Gasteiger partial charge on any atom is -0.352 e. The summed E-state index contributed by atoms with van der Waals surface area (Å²) in [7, 11) is 0. The predicted molar refractivity (Wildman–Crippen MR) is 94.4 cm³/mol. The normalized spacial score (nSPS) is 21.0. The number of likely N-dealkylation sites (tertiary alicyclic amines) is 1. The van der Waals surface area contributed by atoms with Gasteiger partial charge in [-0.25, -0.2) is 8.78 Å². The average molecular weight is 364 g/mol. The number of aryl methyl sites for hydroxylation is 1. The summed E-state index contributed by atoms with van der Waals surface area (Å²) in [6, 6.07) is 3.95. The Morgan fingerprint density at radius 3 is 2.65 bits per heavy atom. The summed E-state index contributed by atoms with van der Waals surface area (Å²) in [4.78, 5) is 26.5. The fourth-order valence-electron chi connectivity index (χ4n) is 3.98. The van der Waals surface area contributed by atoms with E-state index in [-0.39, 0.29) is 42.2 Å². The van der Waals surface area contributed by atoms with Crippen LogP contribution < -0.4 is 5.32 Å². The van der Waals surface area contributed by atoms with Crippen molar-refractivity contribution >= 4 is 11.8 Å². The maximum absolute atomic E-state index is 13.6. The first-order valence-electron chi connectivity index (χ1n) is 9.55. The number of carbonyl (C=O) groups excluding carboxylic acids is 2. The molecule has 26 heavy (non-hydrogen) atoms. The van der Waals surface area contributed by atoms with Gasteiger partial charge in [0.25, 0.3) is 0 Å². The van der Waals surface area contributed by atoms with E-state index in [0.717, 1.165) is 38.2 Å². The molecule has 6 heteroatoms. The van der Waals surface area contributed by atoms with Crippen LogP contribution in [0.3, 0.4) is 0 Å². The smallest absolute Gasteiger partial charge is 0.225 e. The number of nitrogens with zero attached hydrogens (tertiary/aromatic N) is 1. The van der Waals surface area contributed by atoms with E-state index in [2.05, 4.69) is 5.32 Å². The van der Waals surface area contributed by atoms with Gasteiger partial charge in [-0.2, -0.15) is 0 Å². The lowest BCUT2D eigenvalue weighted by atomic mass is 9.88. The quantitative estimate of drug-likeness (QED) is 0.872. The van der Waals surface area contributed by atoms with Crippen LogP contribution in [0.25, 0.3) is 0 Å². The Kier molecular flexibility index (Phi) is 6.22. The van der Waals surface area contributed by atoms with Crippen molar-refractivity contribution in [3.05, 3.63) is 35.4 Å². The first-order valence-corrected chi connectivity index (χ1v) is 9.55. The summed E-state index contributed by atoms with van der Waals surface area (Å²) < 4.78 is 26.8. The highest BCUT2D eigenvalue weighted by Crippen LogP contribution is 2.26. The molecule has 2 amide bonds. The Morgan fingerprint density at radius 1 is 1.12 bits per heavy atom. The zero-order valence-corrected chi connectivity index (χ0v) is 15.0. The van der Waals surface area contributed by atoms with E-state index in [1.54, 1.807) is 0 Å². The Bertz CT molecular complexity index is 659. The molecule has 2 aliphatic rings. The number of carbonyl (C=O) groups is 2. The number of hydrogen-bond acceptors (Lipinski definition) is 2. The highest BCUT2D eigenvalue weighted by atomic mass is 19.2.